The van der Waals surface area contributed by atoms with E-state index in [1.165, 1.54) is 5.56 Å². The van der Waals surface area contributed by atoms with Crippen molar-refractivity contribution < 1.29 is 14.7 Å². The van der Waals surface area contributed by atoms with Gasteiger partial charge in [0.2, 0.25) is 5.91 Å². The monoisotopic (exact) mass is 344 g/mol. The summed E-state index contributed by atoms with van der Waals surface area (Å²) in [6.07, 6.45) is 6.01. The van der Waals surface area contributed by atoms with E-state index in [1.54, 1.807) is 0 Å². The highest BCUT2D eigenvalue weighted by molar-refractivity contribution is 5.82. The molecular weight excluding hydrogens is 316 g/mol. The first-order valence-corrected chi connectivity index (χ1v) is 9.44. The van der Waals surface area contributed by atoms with Gasteiger partial charge in [0, 0.05) is 12.6 Å². The Kier molecular flexibility index (Phi) is 6.08. The average Bonchev–Trinajstić information content (AvgIpc) is 2.63. The first kappa shape index (κ1) is 17.9. The summed E-state index contributed by atoms with van der Waals surface area (Å²) in [5.41, 5.74) is 1.24. The molecule has 0 bridgehead atoms. The van der Waals surface area contributed by atoms with Crippen molar-refractivity contribution >= 4 is 11.9 Å². The summed E-state index contributed by atoms with van der Waals surface area (Å²) in [7, 11) is 0. The van der Waals surface area contributed by atoms with E-state index in [0.717, 1.165) is 45.2 Å². The van der Waals surface area contributed by atoms with Gasteiger partial charge in [-0.15, -0.1) is 0 Å². The summed E-state index contributed by atoms with van der Waals surface area (Å²) in [5, 5.41) is 12.3. The fourth-order valence-corrected chi connectivity index (χ4v) is 4.08. The molecule has 1 heterocycles. The molecule has 2 aliphatic rings. The van der Waals surface area contributed by atoms with Gasteiger partial charge in [-0.1, -0.05) is 36.8 Å². The molecule has 1 saturated heterocycles. The van der Waals surface area contributed by atoms with E-state index in [0.29, 0.717) is 12.8 Å². The number of carboxylic acid groups (broad SMARTS) is 1. The highest BCUT2D eigenvalue weighted by Crippen LogP contribution is 2.25. The van der Waals surface area contributed by atoms with Crippen molar-refractivity contribution in [2.24, 2.45) is 5.92 Å². The number of piperidine rings is 1. The van der Waals surface area contributed by atoms with Crippen LogP contribution in [0.1, 0.15) is 50.5 Å². The maximum absolute atomic E-state index is 12.8. The molecule has 3 rings (SSSR count). The van der Waals surface area contributed by atoms with Crippen LogP contribution in [-0.4, -0.2) is 40.5 Å². The van der Waals surface area contributed by atoms with E-state index in [9.17, 15) is 9.59 Å². The quantitative estimate of drug-likeness (QED) is 0.862. The van der Waals surface area contributed by atoms with E-state index >= 15 is 0 Å². The van der Waals surface area contributed by atoms with Gasteiger partial charge in [0.05, 0.1) is 12.0 Å². The Morgan fingerprint density at radius 2 is 1.76 bits per heavy atom. The number of benzene rings is 1. The van der Waals surface area contributed by atoms with Gasteiger partial charge in [0.1, 0.15) is 0 Å². The van der Waals surface area contributed by atoms with Crippen LogP contribution >= 0.6 is 0 Å². The number of carboxylic acids is 1. The van der Waals surface area contributed by atoms with Crippen molar-refractivity contribution in [2.75, 3.05) is 6.54 Å². The Morgan fingerprint density at radius 1 is 1.04 bits per heavy atom. The number of hydrogen-bond acceptors (Lipinski definition) is 3. The number of nitrogens with zero attached hydrogens (tertiary/aromatic N) is 1. The maximum atomic E-state index is 12.8. The lowest BCUT2D eigenvalue weighted by Gasteiger charge is -2.36. The molecule has 5 heteroatoms. The second-order valence-corrected chi connectivity index (χ2v) is 7.36. The van der Waals surface area contributed by atoms with Crippen molar-refractivity contribution in [2.45, 2.75) is 63.6 Å². The third kappa shape index (κ3) is 4.82. The second-order valence-electron chi connectivity index (χ2n) is 7.36. The Balaban J connectivity index is 1.55. The molecule has 1 atom stereocenters. The summed E-state index contributed by atoms with van der Waals surface area (Å²) in [5.74, 6) is -0.821. The molecule has 1 amide bonds. The normalized spacial score (nSPS) is 27.6. The van der Waals surface area contributed by atoms with Crippen LogP contribution < -0.4 is 5.32 Å². The minimum Gasteiger partial charge on any atom is -0.481 e. The van der Waals surface area contributed by atoms with Crippen LogP contribution in [-0.2, 0) is 16.1 Å². The minimum absolute atomic E-state index is 0.0637. The first-order valence-electron chi connectivity index (χ1n) is 9.44. The van der Waals surface area contributed by atoms with Crippen molar-refractivity contribution in [3.05, 3.63) is 35.9 Å². The molecular formula is C20H28N2O3. The predicted octanol–water partition coefficient (Wildman–Crippen LogP) is 2.80. The van der Waals surface area contributed by atoms with Crippen LogP contribution in [0, 0.1) is 5.92 Å². The zero-order valence-electron chi connectivity index (χ0n) is 14.7. The zero-order valence-corrected chi connectivity index (χ0v) is 14.7. The maximum Gasteiger partial charge on any atom is 0.306 e. The molecule has 1 aromatic rings. The second kappa shape index (κ2) is 8.48. The van der Waals surface area contributed by atoms with Crippen molar-refractivity contribution in [1.82, 2.24) is 10.2 Å². The average molecular weight is 344 g/mol. The van der Waals surface area contributed by atoms with Crippen molar-refractivity contribution in [1.29, 1.82) is 0 Å². The summed E-state index contributed by atoms with van der Waals surface area (Å²) >= 11 is 0. The number of rotatable bonds is 5. The lowest BCUT2D eigenvalue weighted by molar-refractivity contribution is -0.142. The Bertz CT molecular complexity index is 582. The number of amides is 1. The molecule has 1 aliphatic carbocycles. The smallest absolute Gasteiger partial charge is 0.306 e. The number of aliphatic carboxylic acids is 1. The highest BCUT2D eigenvalue weighted by atomic mass is 16.4. The Labute approximate surface area is 149 Å². The SMILES string of the molecule is O=C(O)C1CCC(NC(=O)[C@H]2CCCCN2Cc2ccccc2)CC1. The molecule has 5 nitrogen and oxygen atoms in total. The summed E-state index contributed by atoms with van der Waals surface area (Å²) in [4.78, 5) is 26.2. The number of hydrogen-bond donors (Lipinski definition) is 2. The van der Waals surface area contributed by atoms with Crippen LogP contribution in [0.3, 0.4) is 0 Å². The summed E-state index contributed by atoms with van der Waals surface area (Å²) < 4.78 is 0. The van der Waals surface area contributed by atoms with E-state index in [1.807, 2.05) is 18.2 Å². The molecule has 136 valence electrons. The van der Waals surface area contributed by atoms with Crippen LogP contribution in [0.15, 0.2) is 30.3 Å². The molecule has 25 heavy (non-hydrogen) atoms. The predicted molar refractivity (Wildman–Crippen MR) is 96.0 cm³/mol. The lowest BCUT2D eigenvalue weighted by atomic mass is 9.86. The van der Waals surface area contributed by atoms with Crippen LogP contribution in [0.5, 0.6) is 0 Å². The summed E-state index contributed by atoms with van der Waals surface area (Å²) in [6, 6.07) is 10.4. The number of nitrogens with one attached hydrogen (secondary N) is 1. The largest absolute Gasteiger partial charge is 0.481 e. The molecule has 0 unspecified atom stereocenters. The van der Waals surface area contributed by atoms with Gasteiger partial charge < -0.3 is 10.4 Å². The van der Waals surface area contributed by atoms with Crippen molar-refractivity contribution in [3.63, 3.8) is 0 Å². The molecule has 2 N–H and O–H groups in total. The summed E-state index contributed by atoms with van der Waals surface area (Å²) in [6.45, 7) is 1.77. The fourth-order valence-electron chi connectivity index (χ4n) is 4.08. The zero-order chi connectivity index (χ0) is 17.6. The Morgan fingerprint density at radius 3 is 2.44 bits per heavy atom. The third-order valence-electron chi connectivity index (χ3n) is 5.57. The van der Waals surface area contributed by atoms with Gasteiger partial charge in [-0.3, -0.25) is 14.5 Å². The van der Waals surface area contributed by atoms with Crippen LogP contribution in [0.2, 0.25) is 0 Å². The first-order chi connectivity index (χ1) is 12.1. The molecule has 2 fully saturated rings. The molecule has 0 radical (unpaired) electrons. The van der Waals surface area contributed by atoms with E-state index in [-0.39, 0.29) is 23.9 Å². The van der Waals surface area contributed by atoms with Gasteiger partial charge >= 0.3 is 5.97 Å². The number of carbonyl (C=O) groups is 2. The topological polar surface area (TPSA) is 69.6 Å². The van der Waals surface area contributed by atoms with E-state index < -0.39 is 5.97 Å². The van der Waals surface area contributed by atoms with Crippen LogP contribution in [0.25, 0.3) is 0 Å². The van der Waals surface area contributed by atoms with Crippen LogP contribution in [0.4, 0.5) is 0 Å². The number of likely N-dealkylation sites (tertiary alicyclic amines) is 1. The van der Waals surface area contributed by atoms with E-state index in [4.69, 9.17) is 5.11 Å². The van der Waals surface area contributed by atoms with Gasteiger partial charge in [-0.2, -0.15) is 0 Å². The van der Waals surface area contributed by atoms with Gasteiger partial charge in [0.25, 0.3) is 0 Å². The molecule has 0 aromatic heterocycles. The fraction of sp³-hybridized carbons (Fsp3) is 0.600. The number of carbonyl (C=O) groups excluding carboxylic acids is 1. The minimum atomic E-state index is -0.703. The Hall–Kier alpha value is -1.88. The molecule has 0 spiro atoms. The van der Waals surface area contributed by atoms with Gasteiger partial charge in [-0.05, 0) is 50.6 Å². The third-order valence-corrected chi connectivity index (χ3v) is 5.57. The van der Waals surface area contributed by atoms with Gasteiger partial charge in [0.15, 0.2) is 0 Å². The van der Waals surface area contributed by atoms with Crippen molar-refractivity contribution in [3.8, 4) is 0 Å². The van der Waals surface area contributed by atoms with E-state index in [2.05, 4.69) is 22.3 Å². The molecule has 1 aliphatic heterocycles. The standard InChI is InChI=1S/C20H28N2O3/c23-19(21-17-11-9-16(10-12-17)20(24)25)18-8-4-5-13-22(18)14-15-6-2-1-3-7-15/h1-3,6-7,16-18H,4-5,8-14H2,(H,21,23)(H,24,25)/t16?,17?,18-/m1/s1. The highest BCUT2D eigenvalue weighted by Gasteiger charge is 2.32. The lowest BCUT2D eigenvalue weighted by Crippen LogP contribution is -2.52. The van der Waals surface area contributed by atoms with Gasteiger partial charge in [-0.25, -0.2) is 0 Å². The molecule has 1 saturated carbocycles. The molecule has 1 aromatic carbocycles.